The summed E-state index contributed by atoms with van der Waals surface area (Å²) in [5.41, 5.74) is 0.410. The number of aliphatic hydroxyl groups excluding tert-OH is 1. The van der Waals surface area contributed by atoms with Crippen LogP contribution in [0.1, 0.15) is 20.7 Å². The van der Waals surface area contributed by atoms with Crippen LogP contribution in [0.4, 0.5) is 8.78 Å². The molecule has 0 saturated heterocycles. The number of alkyl halides is 2. The van der Waals surface area contributed by atoms with Gasteiger partial charge in [0.25, 0.3) is 0 Å². The third-order valence-corrected chi connectivity index (χ3v) is 3.37. The topological polar surface area (TPSA) is 82.1 Å². The SMILES string of the molecule is O=C(OCCOC(O)C(F)(F)COC(=O)c1ccccc1)c1ccccc1. The molecule has 0 aromatic heterocycles. The Morgan fingerprint density at radius 1 is 0.852 bits per heavy atom. The molecule has 2 aromatic rings. The minimum absolute atomic E-state index is 0.108. The van der Waals surface area contributed by atoms with Gasteiger partial charge in [-0.15, -0.1) is 0 Å². The van der Waals surface area contributed by atoms with Gasteiger partial charge in [-0.3, -0.25) is 0 Å². The number of hydrogen-bond donors (Lipinski definition) is 1. The fourth-order valence-corrected chi connectivity index (χ4v) is 1.96. The third kappa shape index (κ3) is 6.43. The quantitative estimate of drug-likeness (QED) is 0.409. The Labute approximate surface area is 154 Å². The monoisotopic (exact) mass is 380 g/mol. The van der Waals surface area contributed by atoms with Crippen LogP contribution in [0.3, 0.4) is 0 Å². The fourth-order valence-electron chi connectivity index (χ4n) is 1.96. The van der Waals surface area contributed by atoms with Crippen LogP contribution in [0.5, 0.6) is 0 Å². The highest BCUT2D eigenvalue weighted by Crippen LogP contribution is 2.21. The van der Waals surface area contributed by atoms with Gasteiger partial charge in [0.05, 0.1) is 17.7 Å². The van der Waals surface area contributed by atoms with Gasteiger partial charge in [0.15, 0.2) is 6.61 Å². The van der Waals surface area contributed by atoms with Crippen molar-refractivity contribution in [3.05, 3.63) is 71.8 Å². The van der Waals surface area contributed by atoms with E-state index in [1.54, 1.807) is 36.4 Å². The summed E-state index contributed by atoms with van der Waals surface area (Å²) in [7, 11) is 0. The second-order valence-corrected chi connectivity index (χ2v) is 5.43. The molecule has 6 nitrogen and oxygen atoms in total. The third-order valence-electron chi connectivity index (χ3n) is 3.37. The molecular formula is C19H18F2O6. The fraction of sp³-hybridized carbons (Fsp3) is 0.263. The molecule has 1 atom stereocenters. The van der Waals surface area contributed by atoms with Gasteiger partial charge in [-0.05, 0) is 24.3 Å². The summed E-state index contributed by atoms with van der Waals surface area (Å²) in [4.78, 5) is 23.3. The number of benzene rings is 2. The van der Waals surface area contributed by atoms with Gasteiger partial charge >= 0.3 is 17.9 Å². The summed E-state index contributed by atoms with van der Waals surface area (Å²) in [6, 6.07) is 15.7. The number of carbonyl (C=O) groups excluding carboxylic acids is 2. The van der Waals surface area contributed by atoms with E-state index in [0.29, 0.717) is 5.56 Å². The summed E-state index contributed by atoms with van der Waals surface area (Å²) >= 11 is 0. The number of rotatable bonds is 9. The predicted molar refractivity (Wildman–Crippen MR) is 90.4 cm³/mol. The molecule has 0 heterocycles. The molecule has 27 heavy (non-hydrogen) atoms. The first-order valence-electron chi connectivity index (χ1n) is 8.02. The molecule has 144 valence electrons. The van der Waals surface area contributed by atoms with Gasteiger partial charge in [-0.1, -0.05) is 36.4 Å². The van der Waals surface area contributed by atoms with Crippen LogP contribution < -0.4 is 0 Å². The molecule has 0 saturated carbocycles. The van der Waals surface area contributed by atoms with Crippen molar-refractivity contribution in [3.8, 4) is 0 Å². The lowest BCUT2D eigenvalue weighted by atomic mass is 10.2. The molecule has 0 bridgehead atoms. The lowest BCUT2D eigenvalue weighted by Crippen LogP contribution is -2.41. The van der Waals surface area contributed by atoms with Crippen LogP contribution in [-0.2, 0) is 14.2 Å². The van der Waals surface area contributed by atoms with E-state index in [-0.39, 0.29) is 12.2 Å². The summed E-state index contributed by atoms with van der Waals surface area (Å²) in [5.74, 6) is -5.41. The van der Waals surface area contributed by atoms with E-state index in [4.69, 9.17) is 4.74 Å². The van der Waals surface area contributed by atoms with Crippen LogP contribution in [0.2, 0.25) is 0 Å². The molecule has 0 amide bonds. The van der Waals surface area contributed by atoms with Gasteiger partial charge in [0.2, 0.25) is 6.29 Å². The van der Waals surface area contributed by atoms with E-state index in [0.717, 1.165) is 0 Å². The lowest BCUT2D eigenvalue weighted by molar-refractivity contribution is -0.247. The van der Waals surface area contributed by atoms with E-state index >= 15 is 0 Å². The van der Waals surface area contributed by atoms with Gasteiger partial charge in [0.1, 0.15) is 6.61 Å². The van der Waals surface area contributed by atoms with E-state index in [2.05, 4.69) is 9.47 Å². The molecular weight excluding hydrogens is 362 g/mol. The van der Waals surface area contributed by atoms with Crippen molar-refractivity contribution in [1.82, 2.24) is 0 Å². The van der Waals surface area contributed by atoms with Crippen molar-refractivity contribution in [2.45, 2.75) is 12.2 Å². The zero-order valence-corrected chi connectivity index (χ0v) is 14.2. The Hall–Kier alpha value is -2.84. The van der Waals surface area contributed by atoms with Crippen LogP contribution in [0.25, 0.3) is 0 Å². The van der Waals surface area contributed by atoms with Gasteiger partial charge in [-0.25, -0.2) is 9.59 Å². The first-order valence-corrected chi connectivity index (χ1v) is 8.02. The highest BCUT2D eigenvalue weighted by atomic mass is 19.3. The number of ether oxygens (including phenoxy) is 3. The number of hydrogen-bond acceptors (Lipinski definition) is 6. The Morgan fingerprint density at radius 2 is 1.33 bits per heavy atom. The van der Waals surface area contributed by atoms with Crippen molar-refractivity contribution in [3.63, 3.8) is 0 Å². The molecule has 1 unspecified atom stereocenters. The first-order chi connectivity index (χ1) is 12.9. The summed E-state index contributed by atoms with van der Waals surface area (Å²) in [6.45, 7) is -2.14. The zero-order chi connectivity index (χ0) is 19.7. The molecule has 0 radical (unpaired) electrons. The van der Waals surface area contributed by atoms with E-state index in [9.17, 15) is 23.5 Å². The Balaban J connectivity index is 1.71. The standard InChI is InChI=1S/C19H18F2O6/c20-19(21,13-27-17(23)15-9-5-2-6-10-15)18(24)26-12-11-25-16(22)14-7-3-1-4-8-14/h1-10,18,24H,11-13H2. The van der Waals surface area contributed by atoms with Gasteiger partial charge in [0, 0.05) is 0 Å². The van der Waals surface area contributed by atoms with Crippen LogP contribution in [-0.4, -0.2) is 49.1 Å². The highest BCUT2D eigenvalue weighted by Gasteiger charge is 2.41. The maximum Gasteiger partial charge on any atom is 0.338 e. The largest absolute Gasteiger partial charge is 0.460 e. The predicted octanol–water partition coefficient (Wildman–Crippen LogP) is 2.67. The zero-order valence-electron chi connectivity index (χ0n) is 14.2. The number of halogens is 2. The Bertz CT molecular complexity index is 736. The summed E-state index contributed by atoms with van der Waals surface area (Å²) in [6.07, 6.45) is -2.52. The van der Waals surface area contributed by atoms with Crippen molar-refractivity contribution < 1.29 is 37.7 Å². The molecule has 1 N–H and O–H groups in total. The average molecular weight is 380 g/mol. The lowest BCUT2D eigenvalue weighted by Gasteiger charge is -2.22. The van der Waals surface area contributed by atoms with Gasteiger partial charge < -0.3 is 19.3 Å². The molecule has 0 aliphatic rings. The Kier molecular flexibility index (Phi) is 7.39. The molecule has 2 rings (SSSR count). The minimum atomic E-state index is -3.83. The molecule has 0 fully saturated rings. The molecule has 2 aromatic carbocycles. The van der Waals surface area contributed by atoms with Crippen molar-refractivity contribution in [1.29, 1.82) is 0 Å². The maximum atomic E-state index is 13.8. The van der Waals surface area contributed by atoms with Crippen molar-refractivity contribution in [2.24, 2.45) is 0 Å². The minimum Gasteiger partial charge on any atom is -0.460 e. The second-order valence-electron chi connectivity index (χ2n) is 5.43. The molecule has 0 aliphatic heterocycles. The molecule has 0 aliphatic carbocycles. The molecule has 8 heteroatoms. The first kappa shape index (κ1) is 20.5. The summed E-state index contributed by atoms with van der Waals surface area (Å²) in [5, 5.41) is 9.44. The summed E-state index contributed by atoms with van der Waals surface area (Å²) < 4.78 is 41.5. The normalized spacial score (nSPS) is 12.3. The number of esters is 2. The van der Waals surface area contributed by atoms with E-state index in [1.165, 1.54) is 24.3 Å². The van der Waals surface area contributed by atoms with Gasteiger partial charge in [-0.2, -0.15) is 8.78 Å². The van der Waals surface area contributed by atoms with Crippen molar-refractivity contribution >= 4 is 11.9 Å². The second kappa shape index (κ2) is 9.75. The maximum absolute atomic E-state index is 13.8. The van der Waals surface area contributed by atoms with Crippen LogP contribution >= 0.6 is 0 Å². The number of aliphatic hydroxyl groups is 1. The van der Waals surface area contributed by atoms with E-state index < -0.39 is 37.4 Å². The van der Waals surface area contributed by atoms with E-state index in [1.807, 2.05) is 0 Å². The van der Waals surface area contributed by atoms with Crippen LogP contribution in [0.15, 0.2) is 60.7 Å². The van der Waals surface area contributed by atoms with Crippen molar-refractivity contribution in [2.75, 3.05) is 19.8 Å². The van der Waals surface area contributed by atoms with Crippen LogP contribution in [0, 0.1) is 0 Å². The number of carbonyl (C=O) groups is 2. The molecule has 0 spiro atoms. The average Bonchev–Trinajstić information content (AvgIpc) is 2.70. The Morgan fingerprint density at radius 3 is 1.85 bits per heavy atom. The highest BCUT2D eigenvalue weighted by molar-refractivity contribution is 5.89. The smallest absolute Gasteiger partial charge is 0.338 e.